The zero-order valence-electron chi connectivity index (χ0n) is 16.4. The van der Waals surface area contributed by atoms with Crippen LogP contribution < -0.4 is 5.73 Å². The molecule has 0 radical (unpaired) electrons. The van der Waals surface area contributed by atoms with E-state index in [2.05, 4.69) is 14.9 Å². The van der Waals surface area contributed by atoms with E-state index in [4.69, 9.17) is 20.2 Å². The molecule has 4 heterocycles. The number of rotatable bonds is 5. The van der Waals surface area contributed by atoms with Crippen molar-refractivity contribution < 1.29 is 14.3 Å². The third-order valence-electron chi connectivity index (χ3n) is 5.23. The molecule has 4 rings (SSSR count). The summed E-state index contributed by atoms with van der Waals surface area (Å²) in [5, 5.41) is 0. The van der Waals surface area contributed by atoms with Crippen molar-refractivity contribution in [1.29, 1.82) is 0 Å². The average Bonchev–Trinajstić information content (AvgIpc) is 2.79. The molecule has 9 heteroatoms. The molecule has 9 nitrogen and oxygen atoms in total. The van der Waals surface area contributed by atoms with Crippen molar-refractivity contribution in [3.63, 3.8) is 0 Å². The quantitative estimate of drug-likeness (QED) is 0.786. The van der Waals surface area contributed by atoms with Gasteiger partial charge in [0.1, 0.15) is 6.10 Å². The molecule has 2 aliphatic heterocycles. The van der Waals surface area contributed by atoms with Crippen molar-refractivity contribution in [1.82, 2.24) is 24.8 Å². The predicted octanol–water partition coefficient (Wildman–Crippen LogP) is 0.743. The molecule has 0 bridgehead atoms. The summed E-state index contributed by atoms with van der Waals surface area (Å²) in [6.45, 7) is 5.68. The topological polar surface area (TPSA) is 107 Å². The van der Waals surface area contributed by atoms with Crippen LogP contribution in [0.5, 0.6) is 0 Å². The van der Waals surface area contributed by atoms with Gasteiger partial charge in [0.25, 0.3) is 0 Å². The van der Waals surface area contributed by atoms with Crippen molar-refractivity contribution in [3.05, 3.63) is 36.3 Å². The summed E-state index contributed by atoms with van der Waals surface area (Å²) in [5.41, 5.74) is 7.89. The van der Waals surface area contributed by atoms with Gasteiger partial charge in [-0.1, -0.05) is 6.07 Å². The monoisotopic (exact) mass is 398 g/mol. The first-order chi connectivity index (χ1) is 14.2. The number of hydrogen-bond donors (Lipinski definition) is 1. The van der Waals surface area contributed by atoms with Gasteiger partial charge in [0, 0.05) is 50.6 Å². The molecular weight excluding hydrogens is 372 g/mol. The number of morpholine rings is 2. The summed E-state index contributed by atoms with van der Waals surface area (Å²) in [5.74, 6) is 0.389. The Morgan fingerprint density at radius 1 is 1.14 bits per heavy atom. The fourth-order valence-corrected chi connectivity index (χ4v) is 3.55. The lowest BCUT2D eigenvalue weighted by Crippen LogP contribution is -2.44. The second-order valence-electron chi connectivity index (χ2n) is 7.18. The summed E-state index contributed by atoms with van der Waals surface area (Å²) in [6, 6.07) is 5.75. The Kier molecular flexibility index (Phi) is 6.28. The maximum Gasteiger partial charge on any atom is 0.224 e. The van der Waals surface area contributed by atoms with Crippen molar-refractivity contribution in [2.45, 2.75) is 12.5 Å². The number of nitrogens with zero attached hydrogens (tertiary/aromatic N) is 5. The first-order valence-corrected chi connectivity index (χ1v) is 9.93. The Bertz CT molecular complexity index is 825. The zero-order chi connectivity index (χ0) is 20.1. The van der Waals surface area contributed by atoms with Crippen LogP contribution in [0.1, 0.15) is 18.2 Å². The Labute approximate surface area is 169 Å². The Morgan fingerprint density at radius 2 is 1.93 bits per heavy atom. The summed E-state index contributed by atoms with van der Waals surface area (Å²) >= 11 is 0. The van der Waals surface area contributed by atoms with Gasteiger partial charge in [-0.2, -0.15) is 0 Å². The second-order valence-corrected chi connectivity index (χ2v) is 7.18. The molecule has 0 aromatic carbocycles. The molecule has 2 aliphatic rings. The zero-order valence-corrected chi connectivity index (χ0v) is 16.4. The highest BCUT2D eigenvalue weighted by Gasteiger charge is 2.26. The van der Waals surface area contributed by atoms with E-state index in [0.717, 1.165) is 49.8 Å². The van der Waals surface area contributed by atoms with E-state index in [9.17, 15) is 4.79 Å². The van der Waals surface area contributed by atoms with Crippen LogP contribution in [0.25, 0.3) is 11.3 Å². The third kappa shape index (κ3) is 5.06. The highest BCUT2D eigenvalue weighted by atomic mass is 16.5. The van der Waals surface area contributed by atoms with E-state index in [1.165, 1.54) is 0 Å². The number of hydrogen-bond acceptors (Lipinski definition) is 8. The predicted molar refractivity (Wildman–Crippen MR) is 107 cm³/mol. The van der Waals surface area contributed by atoms with Crippen LogP contribution in [0.15, 0.2) is 30.6 Å². The smallest absolute Gasteiger partial charge is 0.224 e. The van der Waals surface area contributed by atoms with Crippen LogP contribution >= 0.6 is 0 Å². The number of carbonyl (C=O) groups is 1. The number of aromatic nitrogens is 3. The molecule has 1 atom stereocenters. The lowest BCUT2D eigenvalue weighted by molar-refractivity contribution is -0.139. The number of pyridine rings is 1. The normalized spacial score (nSPS) is 20.6. The van der Waals surface area contributed by atoms with E-state index >= 15 is 0 Å². The maximum absolute atomic E-state index is 12.7. The molecule has 2 aromatic rings. The molecule has 0 saturated carbocycles. The molecule has 1 unspecified atom stereocenters. The van der Waals surface area contributed by atoms with Crippen molar-refractivity contribution in [2.24, 2.45) is 0 Å². The SMILES string of the molecule is Nc1ncc(-c2cccc(C3CN(C(=O)CCN4CCOCC4)CCO3)n2)cn1. The highest BCUT2D eigenvalue weighted by molar-refractivity contribution is 5.76. The number of carbonyl (C=O) groups excluding carboxylic acids is 1. The van der Waals surface area contributed by atoms with Gasteiger partial charge in [-0.15, -0.1) is 0 Å². The van der Waals surface area contributed by atoms with Crippen LogP contribution in [0.4, 0.5) is 5.95 Å². The van der Waals surface area contributed by atoms with Crippen LogP contribution in [0.2, 0.25) is 0 Å². The highest BCUT2D eigenvalue weighted by Crippen LogP contribution is 2.24. The minimum absolute atomic E-state index is 0.160. The number of ether oxygens (including phenoxy) is 2. The molecule has 2 aromatic heterocycles. The van der Waals surface area contributed by atoms with Crippen LogP contribution in [0.3, 0.4) is 0 Å². The molecule has 1 amide bonds. The third-order valence-corrected chi connectivity index (χ3v) is 5.23. The minimum atomic E-state index is -0.245. The molecule has 154 valence electrons. The van der Waals surface area contributed by atoms with Crippen LogP contribution in [0, 0.1) is 0 Å². The van der Waals surface area contributed by atoms with E-state index in [0.29, 0.717) is 26.1 Å². The van der Waals surface area contributed by atoms with Gasteiger partial charge in [-0.05, 0) is 12.1 Å². The molecular formula is C20H26N6O3. The number of anilines is 1. The Balaban J connectivity index is 1.38. The van der Waals surface area contributed by atoms with Crippen LogP contribution in [-0.2, 0) is 14.3 Å². The van der Waals surface area contributed by atoms with Gasteiger partial charge in [0.15, 0.2) is 0 Å². The fourth-order valence-electron chi connectivity index (χ4n) is 3.55. The molecule has 2 saturated heterocycles. The Hall–Kier alpha value is -2.62. The van der Waals surface area contributed by atoms with Gasteiger partial charge < -0.3 is 20.1 Å². The average molecular weight is 398 g/mol. The van der Waals surface area contributed by atoms with Crippen LogP contribution in [-0.4, -0.2) is 83.2 Å². The first kappa shape index (κ1) is 19.7. The van der Waals surface area contributed by atoms with E-state index in [1.807, 2.05) is 23.1 Å². The molecule has 2 fully saturated rings. The summed E-state index contributed by atoms with van der Waals surface area (Å²) in [6.07, 6.45) is 3.57. The number of nitrogen functional groups attached to an aromatic ring is 1. The Morgan fingerprint density at radius 3 is 2.72 bits per heavy atom. The molecule has 2 N–H and O–H groups in total. The van der Waals surface area contributed by atoms with Gasteiger partial charge in [-0.25, -0.2) is 15.0 Å². The lowest BCUT2D eigenvalue weighted by atomic mass is 10.1. The minimum Gasteiger partial charge on any atom is -0.379 e. The standard InChI is InChI=1S/C20H26N6O3/c21-20-22-12-15(13-23-20)16-2-1-3-17(24-16)18-14-26(8-11-29-18)19(27)4-5-25-6-9-28-10-7-25/h1-3,12-13,18H,4-11,14H2,(H2,21,22,23). The van der Waals surface area contributed by atoms with Crippen molar-refractivity contribution >= 4 is 11.9 Å². The summed E-state index contributed by atoms with van der Waals surface area (Å²) in [4.78, 5) is 29.6. The number of amides is 1. The van der Waals surface area contributed by atoms with Crippen molar-refractivity contribution in [3.8, 4) is 11.3 Å². The molecule has 29 heavy (non-hydrogen) atoms. The fraction of sp³-hybridized carbons (Fsp3) is 0.500. The molecule has 0 spiro atoms. The van der Waals surface area contributed by atoms with Crippen molar-refractivity contribution in [2.75, 3.05) is 58.3 Å². The lowest BCUT2D eigenvalue weighted by Gasteiger charge is -2.33. The van der Waals surface area contributed by atoms with Gasteiger partial charge in [0.2, 0.25) is 11.9 Å². The van der Waals surface area contributed by atoms with Gasteiger partial charge in [0.05, 0.1) is 37.8 Å². The first-order valence-electron chi connectivity index (χ1n) is 9.93. The summed E-state index contributed by atoms with van der Waals surface area (Å²) in [7, 11) is 0. The van der Waals surface area contributed by atoms with E-state index < -0.39 is 0 Å². The van der Waals surface area contributed by atoms with E-state index in [-0.39, 0.29) is 18.0 Å². The summed E-state index contributed by atoms with van der Waals surface area (Å²) < 4.78 is 11.3. The molecule has 0 aliphatic carbocycles. The van der Waals surface area contributed by atoms with Gasteiger partial charge in [-0.3, -0.25) is 9.69 Å². The second kappa shape index (κ2) is 9.25. The van der Waals surface area contributed by atoms with Gasteiger partial charge >= 0.3 is 0 Å². The van der Waals surface area contributed by atoms with E-state index in [1.54, 1.807) is 12.4 Å². The maximum atomic E-state index is 12.7. The number of nitrogens with two attached hydrogens (primary N) is 1. The largest absolute Gasteiger partial charge is 0.379 e.